The highest BCUT2D eigenvalue weighted by Gasteiger charge is 1.80. The van der Waals surface area contributed by atoms with Gasteiger partial charge in [-0.15, -0.1) is 0 Å². The summed E-state index contributed by atoms with van der Waals surface area (Å²) >= 11 is 0. The molecule has 12 heavy (non-hydrogen) atoms. The van der Waals surface area contributed by atoms with Crippen LogP contribution in [-0.4, -0.2) is 7.11 Å². The van der Waals surface area contributed by atoms with Crippen LogP contribution in [0.5, 0.6) is 0 Å². The summed E-state index contributed by atoms with van der Waals surface area (Å²) in [6.07, 6.45) is 8.63. The summed E-state index contributed by atoms with van der Waals surface area (Å²) in [5.41, 5.74) is 0. The van der Waals surface area contributed by atoms with Crippen LogP contribution in [0.3, 0.4) is 0 Å². The standard InChI is InChI=1S/C9H14O.C2H6/c1-4-6-7-8-9(5-2)10-3;1-2/h5-8H,2,4H2,1,3H3;1-2H3/b7-6-,9-8+;. The van der Waals surface area contributed by atoms with Crippen molar-refractivity contribution in [2.75, 3.05) is 7.11 Å². The molecule has 0 amide bonds. The van der Waals surface area contributed by atoms with Crippen LogP contribution in [0.15, 0.2) is 36.6 Å². The third-order valence-corrected chi connectivity index (χ3v) is 1.07. The van der Waals surface area contributed by atoms with Gasteiger partial charge in [0.2, 0.25) is 0 Å². The van der Waals surface area contributed by atoms with Crippen LogP contribution in [-0.2, 0) is 4.74 Å². The maximum Gasteiger partial charge on any atom is 0.118 e. The van der Waals surface area contributed by atoms with E-state index >= 15 is 0 Å². The first-order valence-corrected chi connectivity index (χ1v) is 4.38. The molecule has 0 aromatic rings. The van der Waals surface area contributed by atoms with Gasteiger partial charge in [-0.2, -0.15) is 0 Å². The second kappa shape index (κ2) is 12.7. The molecule has 70 valence electrons. The molecular formula is C11H20O. The zero-order valence-electron chi connectivity index (χ0n) is 8.63. The van der Waals surface area contributed by atoms with Crippen molar-refractivity contribution in [2.24, 2.45) is 0 Å². The van der Waals surface area contributed by atoms with Gasteiger partial charge >= 0.3 is 0 Å². The number of hydrogen-bond donors (Lipinski definition) is 0. The molecule has 0 aromatic heterocycles. The number of allylic oxidation sites excluding steroid dienone is 4. The molecule has 0 bridgehead atoms. The Kier molecular flexibility index (Phi) is 14.4. The topological polar surface area (TPSA) is 9.23 Å². The van der Waals surface area contributed by atoms with E-state index in [1.807, 2.05) is 26.0 Å². The van der Waals surface area contributed by atoms with E-state index in [0.29, 0.717) is 0 Å². The fourth-order valence-electron chi connectivity index (χ4n) is 0.518. The van der Waals surface area contributed by atoms with E-state index in [2.05, 4.69) is 19.6 Å². The minimum atomic E-state index is 0.796. The summed E-state index contributed by atoms with van der Waals surface area (Å²) in [5.74, 6) is 0.796. The molecule has 0 spiro atoms. The van der Waals surface area contributed by atoms with Crippen molar-refractivity contribution in [3.05, 3.63) is 36.6 Å². The predicted octanol–water partition coefficient (Wildman–Crippen LogP) is 3.70. The second-order valence-corrected chi connectivity index (χ2v) is 1.81. The van der Waals surface area contributed by atoms with E-state index in [9.17, 15) is 0 Å². The van der Waals surface area contributed by atoms with E-state index in [1.165, 1.54) is 0 Å². The highest BCUT2D eigenvalue weighted by Crippen LogP contribution is 1.95. The molecule has 0 saturated carbocycles. The average Bonchev–Trinajstić information content (AvgIpc) is 2.16. The molecule has 0 aliphatic heterocycles. The summed E-state index contributed by atoms with van der Waals surface area (Å²) in [5, 5.41) is 0. The van der Waals surface area contributed by atoms with E-state index in [0.717, 1.165) is 12.2 Å². The van der Waals surface area contributed by atoms with Gasteiger partial charge in [0.25, 0.3) is 0 Å². The molecule has 0 N–H and O–H groups in total. The zero-order valence-corrected chi connectivity index (χ0v) is 8.63. The third kappa shape index (κ3) is 9.02. The maximum absolute atomic E-state index is 4.94. The minimum absolute atomic E-state index is 0.796. The first-order chi connectivity index (χ1) is 5.85. The Morgan fingerprint density at radius 2 is 2.00 bits per heavy atom. The molecular weight excluding hydrogens is 148 g/mol. The summed E-state index contributed by atoms with van der Waals surface area (Å²) in [6, 6.07) is 0. The van der Waals surface area contributed by atoms with E-state index in [-0.39, 0.29) is 0 Å². The molecule has 1 nitrogen and oxygen atoms in total. The van der Waals surface area contributed by atoms with Crippen LogP contribution in [0, 0.1) is 0 Å². The van der Waals surface area contributed by atoms with Crippen molar-refractivity contribution in [1.29, 1.82) is 0 Å². The Bertz CT molecular complexity index is 143. The summed E-state index contributed by atoms with van der Waals surface area (Å²) in [4.78, 5) is 0. The maximum atomic E-state index is 4.94. The third-order valence-electron chi connectivity index (χ3n) is 1.07. The summed E-state index contributed by atoms with van der Waals surface area (Å²) in [6.45, 7) is 9.67. The van der Waals surface area contributed by atoms with Gasteiger partial charge in [-0.25, -0.2) is 0 Å². The molecule has 0 aliphatic carbocycles. The molecule has 0 aliphatic rings. The second-order valence-electron chi connectivity index (χ2n) is 1.81. The lowest BCUT2D eigenvalue weighted by Crippen LogP contribution is -1.77. The molecule has 0 aromatic carbocycles. The predicted molar refractivity (Wildman–Crippen MR) is 56.1 cm³/mol. The van der Waals surface area contributed by atoms with Gasteiger partial charge in [0.15, 0.2) is 0 Å². The largest absolute Gasteiger partial charge is 0.497 e. The van der Waals surface area contributed by atoms with Crippen LogP contribution < -0.4 is 0 Å². The molecule has 0 fully saturated rings. The Hall–Kier alpha value is -0.980. The van der Waals surface area contributed by atoms with Crippen molar-refractivity contribution in [3.63, 3.8) is 0 Å². The lowest BCUT2D eigenvalue weighted by atomic mass is 10.3. The van der Waals surface area contributed by atoms with Gasteiger partial charge in [-0.05, 0) is 18.6 Å². The summed E-state index contributed by atoms with van der Waals surface area (Å²) in [7, 11) is 1.63. The Morgan fingerprint density at radius 3 is 2.33 bits per heavy atom. The fourth-order valence-corrected chi connectivity index (χ4v) is 0.518. The van der Waals surface area contributed by atoms with Crippen molar-refractivity contribution in [2.45, 2.75) is 27.2 Å². The van der Waals surface area contributed by atoms with E-state index in [4.69, 9.17) is 4.74 Å². The molecule has 0 rings (SSSR count). The minimum Gasteiger partial charge on any atom is -0.497 e. The molecule has 0 heterocycles. The molecule has 0 radical (unpaired) electrons. The zero-order chi connectivity index (χ0) is 9.82. The van der Waals surface area contributed by atoms with Gasteiger partial charge in [-0.3, -0.25) is 0 Å². The van der Waals surface area contributed by atoms with E-state index < -0.39 is 0 Å². The first kappa shape index (κ1) is 13.6. The van der Waals surface area contributed by atoms with Crippen LogP contribution >= 0.6 is 0 Å². The summed E-state index contributed by atoms with van der Waals surface area (Å²) < 4.78 is 4.94. The van der Waals surface area contributed by atoms with Gasteiger partial charge in [-0.1, -0.05) is 39.5 Å². The van der Waals surface area contributed by atoms with Gasteiger partial charge < -0.3 is 4.74 Å². The average molecular weight is 168 g/mol. The normalized spacial score (nSPS) is 10.5. The highest BCUT2D eigenvalue weighted by molar-refractivity contribution is 5.15. The van der Waals surface area contributed by atoms with Crippen LogP contribution in [0.25, 0.3) is 0 Å². The Labute approximate surface area is 76.4 Å². The van der Waals surface area contributed by atoms with Crippen LogP contribution in [0.4, 0.5) is 0 Å². The fraction of sp³-hybridized carbons (Fsp3) is 0.455. The first-order valence-electron chi connectivity index (χ1n) is 4.38. The lowest BCUT2D eigenvalue weighted by Gasteiger charge is -1.94. The van der Waals surface area contributed by atoms with Crippen LogP contribution in [0.2, 0.25) is 0 Å². The quantitative estimate of drug-likeness (QED) is 0.459. The van der Waals surface area contributed by atoms with Crippen molar-refractivity contribution < 1.29 is 4.74 Å². The van der Waals surface area contributed by atoms with Crippen LogP contribution in [0.1, 0.15) is 27.2 Å². The number of methoxy groups -OCH3 is 1. The smallest absolute Gasteiger partial charge is 0.118 e. The number of hydrogen-bond acceptors (Lipinski definition) is 1. The SMILES string of the molecule is C=C/C(=C\C=C/CC)OC.CC. The number of rotatable bonds is 4. The van der Waals surface area contributed by atoms with Crippen molar-refractivity contribution in [3.8, 4) is 0 Å². The van der Waals surface area contributed by atoms with E-state index in [1.54, 1.807) is 13.2 Å². The van der Waals surface area contributed by atoms with Crippen molar-refractivity contribution >= 4 is 0 Å². The van der Waals surface area contributed by atoms with Crippen molar-refractivity contribution in [1.82, 2.24) is 0 Å². The van der Waals surface area contributed by atoms with Gasteiger partial charge in [0, 0.05) is 0 Å². The number of ether oxygens (including phenoxy) is 1. The Morgan fingerprint density at radius 1 is 1.42 bits per heavy atom. The van der Waals surface area contributed by atoms with Gasteiger partial charge in [0.1, 0.15) is 5.76 Å². The monoisotopic (exact) mass is 168 g/mol. The molecule has 0 atom stereocenters. The lowest BCUT2D eigenvalue weighted by molar-refractivity contribution is 0.307. The molecule has 0 unspecified atom stereocenters. The van der Waals surface area contributed by atoms with Gasteiger partial charge in [0.05, 0.1) is 7.11 Å². The Balaban J connectivity index is 0. The molecule has 0 saturated heterocycles. The highest BCUT2D eigenvalue weighted by atomic mass is 16.5. The molecule has 1 heteroatoms.